The lowest BCUT2D eigenvalue weighted by atomic mass is 9.93. The molecule has 2 aliphatic rings. The van der Waals surface area contributed by atoms with E-state index in [1.54, 1.807) is 19.1 Å². The minimum Gasteiger partial charge on any atom is -0.480 e. The number of methoxy groups -OCH3 is 1. The lowest BCUT2D eigenvalue weighted by Crippen LogP contribution is -2.33. The molecule has 1 atom stereocenters. The van der Waals surface area contributed by atoms with Crippen molar-refractivity contribution in [2.24, 2.45) is 11.0 Å². The maximum absolute atomic E-state index is 12.3. The van der Waals surface area contributed by atoms with Crippen LogP contribution in [-0.4, -0.2) is 49.4 Å². The van der Waals surface area contributed by atoms with E-state index in [1.165, 1.54) is 26.0 Å². The monoisotopic (exact) mass is 482 g/mol. The Labute approximate surface area is 198 Å². The fraction of sp³-hybridized carbons (Fsp3) is 0.435. The van der Waals surface area contributed by atoms with Crippen molar-refractivity contribution in [3.8, 4) is 11.9 Å². The first-order chi connectivity index (χ1) is 16.2. The lowest BCUT2D eigenvalue weighted by Gasteiger charge is -2.27. The number of ether oxygens (including phenoxy) is 1. The minimum atomic E-state index is -3.73. The van der Waals surface area contributed by atoms with Gasteiger partial charge in [0.2, 0.25) is 15.9 Å². The van der Waals surface area contributed by atoms with Crippen molar-refractivity contribution in [3.05, 3.63) is 46.8 Å². The summed E-state index contributed by atoms with van der Waals surface area (Å²) in [6.07, 6.45) is 6.14. The van der Waals surface area contributed by atoms with Gasteiger partial charge in [-0.1, -0.05) is 12.8 Å². The second-order valence-corrected chi connectivity index (χ2v) is 10.3. The number of amides is 1. The van der Waals surface area contributed by atoms with Crippen LogP contribution < -0.4 is 14.5 Å². The normalized spacial score (nSPS) is 18.5. The van der Waals surface area contributed by atoms with Gasteiger partial charge in [-0.2, -0.15) is 10.4 Å². The minimum absolute atomic E-state index is 0.0175. The van der Waals surface area contributed by atoms with Crippen molar-refractivity contribution in [2.75, 3.05) is 18.4 Å². The topological polar surface area (TPSA) is 138 Å². The Hall–Kier alpha value is -3.52. The first-order valence-corrected chi connectivity index (χ1v) is 12.9. The van der Waals surface area contributed by atoms with E-state index in [0.717, 1.165) is 24.8 Å². The second-order valence-electron chi connectivity index (χ2n) is 8.58. The molecule has 1 fully saturated rings. The van der Waals surface area contributed by atoms with Crippen molar-refractivity contribution < 1.29 is 17.9 Å². The van der Waals surface area contributed by atoms with Gasteiger partial charge in [-0.3, -0.25) is 4.79 Å². The summed E-state index contributed by atoms with van der Waals surface area (Å²) in [6, 6.07) is 8.95. The van der Waals surface area contributed by atoms with Crippen LogP contribution in [-0.2, 0) is 10.0 Å². The molecule has 178 valence electrons. The number of carbonyl (C=O) groups is 1. The molecule has 1 N–H and O–H groups in total. The van der Waals surface area contributed by atoms with Crippen LogP contribution in [0.15, 0.2) is 29.4 Å². The van der Waals surface area contributed by atoms with Crippen molar-refractivity contribution in [1.29, 1.82) is 5.26 Å². The van der Waals surface area contributed by atoms with Crippen LogP contribution >= 0.6 is 0 Å². The average Bonchev–Trinajstić information content (AvgIpc) is 3.47. The third-order valence-corrected chi connectivity index (χ3v) is 6.74. The summed E-state index contributed by atoms with van der Waals surface area (Å²) < 4.78 is 30.1. The summed E-state index contributed by atoms with van der Waals surface area (Å²) in [7, 11) is -2.35. The predicted octanol–water partition coefficient (Wildman–Crippen LogP) is 2.53. The fourth-order valence-electron chi connectivity index (χ4n) is 4.56. The molecule has 1 aliphatic heterocycles. The molecule has 4 rings (SSSR count). The maximum atomic E-state index is 12.3. The molecule has 2 aromatic heterocycles. The standard InChI is InChI=1S/C23H26N6O4S/c1-14-16(13-24)8-11-21(25-14)29-20(15-6-4-5-7-15)12-19(27-29)18-10-9-17(23(26-18)33-2)22(30)28-34(3,31)32/h8-11,15,20H,4-7,12H2,1-3H3,(H,28,30). The largest absolute Gasteiger partial charge is 0.480 e. The number of nitrogens with zero attached hydrogens (tertiary/aromatic N) is 5. The van der Waals surface area contributed by atoms with Gasteiger partial charge in [-0.05, 0) is 49.9 Å². The van der Waals surface area contributed by atoms with Crippen LogP contribution in [0.25, 0.3) is 0 Å². The third kappa shape index (κ3) is 4.87. The number of hydrazone groups is 1. The molecule has 1 unspecified atom stereocenters. The van der Waals surface area contributed by atoms with Crippen molar-refractivity contribution in [1.82, 2.24) is 14.7 Å². The zero-order valence-corrected chi connectivity index (χ0v) is 20.1. The summed E-state index contributed by atoms with van der Waals surface area (Å²) >= 11 is 0. The number of sulfonamides is 1. The molecule has 11 heteroatoms. The smallest absolute Gasteiger partial charge is 0.270 e. The molecule has 0 bridgehead atoms. The summed E-state index contributed by atoms with van der Waals surface area (Å²) in [6.45, 7) is 1.81. The van der Waals surface area contributed by atoms with Gasteiger partial charge in [-0.15, -0.1) is 0 Å². The van der Waals surface area contributed by atoms with Gasteiger partial charge in [0, 0.05) is 6.42 Å². The molecule has 1 saturated carbocycles. The van der Waals surface area contributed by atoms with Gasteiger partial charge in [0.15, 0.2) is 0 Å². The molecular weight excluding hydrogens is 456 g/mol. The number of aryl methyl sites for hydroxylation is 1. The van der Waals surface area contributed by atoms with Crippen LogP contribution in [0, 0.1) is 24.2 Å². The predicted molar refractivity (Wildman–Crippen MR) is 126 cm³/mol. The Kier molecular flexibility index (Phi) is 6.52. The molecule has 0 spiro atoms. The van der Waals surface area contributed by atoms with Crippen LogP contribution in [0.2, 0.25) is 0 Å². The Morgan fingerprint density at radius 2 is 1.94 bits per heavy atom. The van der Waals surface area contributed by atoms with Gasteiger partial charge < -0.3 is 4.74 Å². The SMILES string of the molecule is COc1nc(C2=NN(c3ccc(C#N)c(C)n3)C(C3CCCC3)C2)ccc1C(=O)NS(C)(=O)=O. The number of anilines is 1. The maximum Gasteiger partial charge on any atom is 0.270 e. The summed E-state index contributed by atoms with van der Waals surface area (Å²) in [5, 5.41) is 16.0. The third-order valence-electron chi connectivity index (χ3n) is 6.19. The number of rotatable bonds is 6. The molecule has 0 saturated heterocycles. The van der Waals surface area contributed by atoms with Crippen molar-refractivity contribution in [2.45, 2.75) is 45.1 Å². The summed E-state index contributed by atoms with van der Waals surface area (Å²) in [5.74, 6) is 0.347. The van der Waals surface area contributed by atoms with E-state index in [2.05, 4.69) is 16.0 Å². The van der Waals surface area contributed by atoms with Crippen LogP contribution in [0.5, 0.6) is 5.88 Å². The van der Waals surface area contributed by atoms with E-state index in [-0.39, 0.29) is 17.5 Å². The van der Waals surface area contributed by atoms with Crippen LogP contribution in [0.3, 0.4) is 0 Å². The molecule has 0 aromatic carbocycles. The fourth-order valence-corrected chi connectivity index (χ4v) is 5.01. The van der Waals surface area contributed by atoms with Crippen LogP contribution in [0.4, 0.5) is 5.82 Å². The first-order valence-electron chi connectivity index (χ1n) is 11.0. The quantitative estimate of drug-likeness (QED) is 0.663. The molecule has 34 heavy (non-hydrogen) atoms. The van der Waals surface area contributed by atoms with Crippen molar-refractivity contribution >= 4 is 27.5 Å². The first kappa shape index (κ1) is 23.6. The van der Waals surface area contributed by atoms with Crippen LogP contribution in [0.1, 0.15) is 59.4 Å². The van der Waals surface area contributed by atoms with E-state index < -0.39 is 15.9 Å². The second kappa shape index (κ2) is 9.38. The molecule has 2 aromatic rings. The summed E-state index contributed by atoms with van der Waals surface area (Å²) in [5.41, 5.74) is 2.47. The van der Waals surface area contributed by atoms with Gasteiger partial charge in [0.05, 0.1) is 42.1 Å². The van der Waals surface area contributed by atoms with E-state index in [4.69, 9.17) is 9.84 Å². The Bertz CT molecular complexity index is 1300. The number of pyridine rings is 2. The highest BCUT2D eigenvalue weighted by Crippen LogP contribution is 2.38. The van der Waals surface area contributed by atoms with Gasteiger partial charge >= 0.3 is 0 Å². The highest BCUT2D eigenvalue weighted by atomic mass is 32.2. The lowest BCUT2D eigenvalue weighted by molar-refractivity contribution is 0.0978. The summed E-state index contributed by atoms with van der Waals surface area (Å²) in [4.78, 5) is 21.4. The highest BCUT2D eigenvalue weighted by molar-refractivity contribution is 7.89. The molecule has 3 heterocycles. The van der Waals surface area contributed by atoms with E-state index in [0.29, 0.717) is 35.1 Å². The zero-order valence-electron chi connectivity index (χ0n) is 19.3. The van der Waals surface area contributed by atoms with Gasteiger partial charge in [0.1, 0.15) is 17.5 Å². The van der Waals surface area contributed by atoms with Gasteiger partial charge in [-0.25, -0.2) is 28.1 Å². The average molecular weight is 483 g/mol. The molecule has 1 aliphatic carbocycles. The Morgan fingerprint density at radius 1 is 1.21 bits per heavy atom. The van der Waals surface area contributed by atoms with E-state index in [9.17, 15) is 18.5 Å². The Balaban J connectivity index is 1.69. The van der Waals surface area contributed by atoms with E-state index >= 15 is 0 Å². The molecule has 0 radical (unpaired) electrons. The van der Waals surface area contributed by atoms with Gasteiger partial charge in [0.25, 0.3) is 5.91 Å². The number of aromatic nitrogens is 2. The van der Waals surface area contributed by atoms with Crippen molar-refractivity contribution in [3.63, 3.8) is 0 Å². The number of nitriles is 1. The van der Waals surface area contributed by atoms with E-state index in [1.807, 2.05) is 15.8 Å². The number of carbonyl (C=O) groups excluding carboxylic acids is 1. The number of nitrogens with one attached hydrogen (secondary N) is 1. The molecule has 1 amide bonds. The molecular formula is C23H26N6O4S. The Morgan fingerprint density at radius 3 is 2.56 bits per heavy atom. The molecule has 10 nitrogen and oxygen atoms in total. The number of hydrogen-bond acceptors (Lipinski definition) is 9. The zero-order chi connectivity index (χ0) is 24.5. The number of hydrogen-bond donors (Lipinski definition) is 1. The highest BCUT2D eigenvalue weighted by Gasteiger charge is 2.37.